The molecule has 0 fully saturated rings. The standard InChI is InChI=1S/C30H35N3O3S/c1-21-14-15-22(2)26(18-21)36-17-9-16-30(3,4)28(35)33-29(37)32-25-13-8-12-24(20-25)31-27(34)19-23-10-6-5-7-11-23/h5-8,10-15,18,20H,9,16-17,19H2,1-4H3,(H,31,34)(H2,32,33,35,37). The number of benzene rings is 3. The Labute approximate surface area is 224 Å². The molecule has 0 aliphatic rings. The maximum absolute atomic E-state index is 12.9. The quantitative estimate of drug-likeness (QED) is 0.221. The third-order valence-corrected chi connectivity index (χ3v) is 6.20. The summed E-state index contributed by atoms with van der Waals surface area (Å²) in [4.78, 5) is 25.2. The first-order chi connectivity index (χ1) is 17.6. The molecule has 3 aromatic carbocycles. The summed E-state index contributed by atoms with van der Waals surface area (Å²) >= 11 is 5.37. The molecule has 0 aromatic heterocycles. The van der Waals surface area contributed by atoms with E-state index in [0.717, 1.165) is 28.9 Å². The molecule has 0 radical (unpaired) electrons. The first-order valence-corrected chi connectivity index (χ1v) is 12.8. The van der Waals surface area contributed by atoms with Crippen molar-refractivity contribution >= 4 is 40.5 Å². The lowest BCUT2D eigenvalue weighted by Crippen LogP contribution is -2.42. The number of ether oxygens (including phenoxy) is 1. The van der Waals surface area contributed by atoms with E-state index < -0.39 is 5.41 Å². The minimum Gasteiger partial charge on any atom is -0.493 e. The van der Waals surface area contributed by atoms with Gasteiger partial charge in [-0.2, -0.15) is 0 Å². The summed E-state index contributed by atoms with van der Waals surface area (Å²) in [5, 5.41) is 8.92. The van der Waals surface area contributed by atoms with Crippen LogP contribution in [0.1, 0.15) is 43.4 Å². The fourth-order valence-corrected chi connectivity index (χ4v) is 3.98. The molecule has 0 bridgehead atoms. The molecule has 3 aromatic rings. The van der Waals surface area contributed by atoms with E-state index in [2.05, 4.69) is 22.0 Å². The van der Waals surface area contributed by atoms with Crippen LogP contribution in [0.2, 0.25) is 0 Å². The molecule has 2 amide bonds. The number of carbonyl (C=O) groups excluding carboxylic acids is 2. The predicted molar refractivity (Wildman–Crippen MR) is 154 cm³/mol. The van der Waals surface area contributed by atoms with Gasteiger partial charge < -0.3 is 20.7 Å². The van der Waals surface area contributed by atoms with E-state index in [1.807, 2.05) is 82.3 Å². The molecule has 0 heterocycles. The highest BCUT2D eigenvalue weighted by Crippen LogP contribution is 2.24. The molecule has 6 nitrogen and oxygen atoms in total. The van der Waals surface area contributed by atoms with Crippen LogP contribution in [-0.4, -0.2) is 23.5 Å². The number of anilines is 2. The van der Waals surface area contributed by atoms with Gasteiger partial charge in [-0.1, -0.05) is 62.4 Å². The second-order valence-corrected chi connectivity index (χ2v) is 10.2. The summed E-state index contributed by atoms with van der Waals surface area (Å²) < 4.78 is 5.92. The second kappa shape index (κ2) is 13.0. The molecule has 0 saturated heterocycles. The van der Waals surface area contributed by atoms with Crippen LogP contribution in [0.3, 0.4) is 0 Å². The highest BCUT2D eigenvalue weighted by Gasteiger charge is 2.28. The van der Waals surface area contributed by atoms with Crippen molar-refractivity contribution in [1.82, 2.24) is 5.32 Å². The Bertz CT molecular complexity index is 1240. The van der Waals surface area contributed by atoms with Crippen molar-refractivity contribution in [2.24, 2.45) is 5.41 Å². The Morgan fingerprint density at radius 2 is 1.59 bits per heavy atom. The van der Waals surface area contributed by atoms with Crippen molar-refractivity contribution < 1.29 is 14.3 Å². The van der Waals surface area contributed by atoms with Crippen molar-refractivity contribution in [3.05, 3.63) is 89.5 Å². The van der Waals surface area contributed by atoms with Crippen LogP contribution in [0.25, 0.3) is 0 Å². The summed E-state index contributed by atoms with van der Waals surface area (Å²) in [6.45, 7) is 8.38. The molecule has 0 saturated carbocycles. The Balaban J connectivity index is 1.45. The zero-order valence-electron chi connectivity index (χ0n) is 21.9. The zero-order chi connectivity index (χ0) is 26.8. The maximum Gasteiger partial charge on any atom is 0.231 e. The van der Waals surface area contributed by atoms with E-state index in [1.54, 1.807) is 12.1 Å². The van der Waals surface area contributed by atoms with Crippen molar-refractivity contribution in [2.45, 2.75) is 47.0 Å². The van der Waals surface area contributed by atoms with Gasteiger partial charge in [0, 0.05) is 16.8 Å². The van der Waals surface area contributed by atoms with Gasteiger partial charge in [-0.05, 0) is 79.9 Å². The lowest BCUT2D eigenvalue weighted by atomic mass is 9.87. The number of nitrogens with one attached hydrogen (secondary N) is 3. The molecular formula is C30H35N3O3S. The fraction of sp³-hybridized carbons (Fsp3) is 0.300. The van der Waals surface area contributed by atoms with Crippen LogP contribution in [0.4, 0.5) is 11.4 Å². The van der Waals surface area contributed by atoms with Crippen LogP contribution in [0.15, 0.2) is 72.8 Å². The van der Waals surface area contributed by atoms with Gasteiger partial charge in [-0.3, -0.25) is 9.59 Å². The van der Waals surface area contributed by atoms with E-state index in [9.17, 15) is 9.59 Å². The Kier molecular flexibility index (Phi) is 9.80. The van der Waals surface area contributed by atoms with Crippen molar-refractivity contribution in [2.75, 3.05) is 17.2 Å². The smallest absolute Gasteiger partial charge is 0.231 e. The normalized spacial score (nSPS) is 10.9. The van der Waals surface area contributed by atoms with Crippen LogP contribution >= 0.6 is 12.2 Å². The number of hydrogen-bond acceptors (Lipinski definition) is 4. The molecule has 0 spiro atoms. The Morgan fingerprint density at radius 1 is 0.892 bits per heavy atom. The summed E-state index contributed by atoms with van der Waals surface area (Å²) in [6, 6.07) is 22.9. The molecule has 194 valence electrons. The molecule has 0 atom stereocenters. The minimum atomic E-state index is -0.621. The highest BCUT2D eigenvalue weighted by atomic mass is 32.1. The minimum absolute atomic E-state index is 0.109. The first kappa shape index (κ1) is 27.9. The largest absolute Gasteiger partial charge is 0.493 e. The summed E-state index contributed by atoms with van der Waals surface area (Å²) in [6.07, 6.45) is 1.67. The van der Waals surface area contributed by atoms with Gasteiger partial charge in [-0.25, -0.2) is 0 Å². The van der Waals surface area contributed by atoms with Gasteiger partial charge in [0.1, 0.15) is 5.75 Å². The molecule has 3 rings (SSSR count). The topological polar surface area (TPSA) is 79.5 Å². The number of aryl methyl sites for hydroxylation is 2. The highest BCUT2D eigenvalue weighted by molar-refractivity contribution is 7.80. The van der Waals surface area contributed by atoms with E-state index in [-0.39, 0.29) is 23.3 Å². The SMILES string of the molecule is Cc1ccc(C)c(OCCCC(C)(C)C(=O)NC(=S)Nc2cccc(NC(=O)Cc3ccccc3)c2)c1. The first-order valence-electron chi connectivity index (χ1n) is 12.4. The van der Waals surface area contributed by atoms with E-state index in [4.69, 9.17) is 17.0 Å². The number of thiocarbonyl (C=S) groups is 1. The van der Waals surface area contributed by atoms with Crippen molar-refractivity contribution in [3.63, 3.8) is 0 Å². The third kappa shape index (κ3) is 9.03. The van der Waals surface area contributed by atoms with Crippen LogP contribution in [0.5, 0.6) is 5.75 Å². The van der Waals surface area contributed by atoms with E-state index >= 15 is 0 Å². The van der Waals surface area contributed by atoms with E-state index in [0.29, 0.717) is 24.4 Å². The summed E-state index contributed by atoms with van der Waals surface area (Å²) in [5.41, 5.74) is 3.88. The maximum atomic E-state index is 12.9. The van der Waals surface area contributed by atoms with Gasteiger partial charge >= 0.3 is 0 Å². The van der Waals surface area contributed by atoms with Crippen LogP contribution in [-0.2, 0) is 16.0 Å². The summed E-state index contributed by atoms with van der Waals surface area (Å²) in [7, 11) is 0. The third-order valence-electron chi connectivity index (χ3n) is 6.00. The van der Waals surface area contributed by atoms with Gasteiger partial charge in [-0.15, -0.1) is 0 Å². The molecular weight excluding hydrogens is 482 g/mol. The van der Waals surface area contributed by atoms with Gasteiger partial charge in [0.2, 0.25) is 11.8 Å². The number of amides is 2. The second-order valence-electron chi connectivity index (χ2n) is 9.80. The number of rotatable bonds is 10. The average Bonchev–Trinajstić information content (AvgIpc) is 2.84. The molecule has 3 N–H and O–H groups in total. The Morgan fingerprint density at radius 3 is 2.32 bits per heavy atom. The monoisotopic (exact) mass is 517 g/mol. The van der Waals surface area contributed by atoms with Gasteiger partial charge in [0.05, 0.1) is 13.0 Å². The number of carbonyl (C=O) groups is 2. The van der Waals surface area contributed by atoms with Gasteiger partial charge in [0.25, 0.3) is 0 Å². The van der Waals surface area contributed by atoms with Crippen molar-refractivity contribution in [3.8, 4) is 5.75 Å². The molecule has 0 aliphatic carbocycles. The molecule has 0 unspecified atom stereocenters. The molecule has 0 aliphatic heterocycles. The summed E-state index contributed by atoms with van der Waals surface area (Å²) in [5.74, 6) is 0.609. The molecule has 37 heavy (non-hydrogen) atoms. The molecule has 7 heteroatoms. The van der Waals surface area contributed by atoms with Crippen LogP contribution < -0.4 is 20.7 Å². The average molecular weight is 518 g/mol. The van der Waals surface area contributed by atoms with E-state index in [1.165, 1.54) is 0 Å². The predicted octanol–water partition coefficient (Wildman–Crippen LogP) is 6.18. The van der Waals surface area contributed by atoms with Crippen molar-refractivity contribution in [1.29, 1.82) is 0 Å². The van der Waals surface area contributed by atoms with Gasteiger partial charge in [0.15, 0.2) is 5.11 Å². The zero-order valence-corrected chi connectivity index (χ0v) is 22.7. The lowest BCUT2D eigenvalue weighted by Gasteiger charge is -2.24. The lowest BCUT2D eigenvalue weighted by molar-refractivity contribution is -0.128. The Hall–Kier alpha value is -3.71. The fourth-order valence-electron chi connectivity index (χ4n) is 3.77. The van der Waals surface area contributed by atoms with Crippen LogP contribution in [0, 0.1) is 19.3 Å². The number of hydrogen-bond donors (Lipinski definition) is 3.